The van der Waals surface area contributed by atoms with Crippen LogP contribution in [-0.4, -0.2) is 24.5 Å². The molecule has 0 atom stereocenters. The van der Waals surface area contributed by atoms with E-state index in [2.05, 4.69) is 19.9 Å². The van der Waals surface area contributed by atoms with Crippen LogP contribution in [0.25, 0.3) is 28.1 Å². The first-order valence-corrected chi connectivity index (χ1v) is 6.57. The summed E-state index contributed by atoms with van der Waals surface area (Å²) < 4.78 is 1.96. The summed E-state index contributed by atoms with van der Waals surface area (Å²) in [5.74, 6) is 0.649. The molecule has 0 aliphatic rings. The molecule has 0 amide bonds. The molecule has 0 fully saturated rings. The Morgan fingerprint density at radius 2 is 1.76 bits per heavy atom. The quantitative estimate of drug-likeness (QED) is 0.563. The van der Waals surface area contributed by atoms with E-state index >= 15 is 0 Å². The summed E-state index contributed by atoms with van der Waals surface area (Å²) in [6, 6.07) is 9.74. The van der Waals surface area contributed by atoms with E-state index in [4.69, 9.17) is 0 Å². The van der Waals surface area contributed by atoms with E-state index in [0.29, 0.717) is 5.95 Å². The number of aromatic nitrogens is 5. The van der Waals surface area contributed by atoms with Crippen LogP contribution in [0.2, 0.25) is 0 Å². The maximum absolute atomic E-state index is 4.49. The summed E-state index contributed by atoms with van der Waals surface area (Å²) in [6.07, 6.45) is 10.8. The second-order valence-corrected chi connectivity index (χ2v) is 4.60. The van der Waals surface area contributed by atoms with Crippen LogP contribution in [0.1, 0.15) is 0 Å². The van der Waals surface area contributed by atoms with Gasteiger partial charge in [0.1, 0.15) is 0 Å². The van der Waals surface area contributed by atoms with Crippen molar-refractivity contribution >= 4 is 10.9 Å². The minimum atomic E-state index is 0.649. The average molecular weight is 273 g/mol. The van der Waals surface area contributed by atoms with Crippen molar-refractivity contribution in [3.63, 3.8) is 0 Å². The van der Waals surface area contributed by atoms with Gasteiger partial charge in [0, 0.05) is 48.1 Å². The molecule has 0 aromatic carbocycles. The SMILES string of the molecule is c1cnc(-n2ccc3cnc(-c4cccnc4)cc32)nc1. The van der Waals surface area contributed by atoms with Crippen molar-refractivity contribution in [1.29, 1.82) is 0 Å². The molecule has 4 heterocycles. The van der Waals surface area contributed by atoms with E-state index in [-0.39, 0.29) is 0 Å². The number of hydrogen-bond donors (Lipinski definition) is 0. The van der Waals surface area contributed by atoms with Crippen LogP contribution >= 0.6 is 0 Å². The minimum Gasteiger partial charge on any atom is -0.285 e. The van der Waals surface area contributed by atoms with Gasteiger partial charge in [-0.2, -0.15) is 0 Å². The van der Waals surface area contributed by atoms with Gasteiger partial charge in [-0.25, -0.2) is 9.97 Å². The van der Waals surface area contributed by atoms with Crippen molar-refractivity contribution in [2.75, 3.05) is 0 Å². The Morgan fingerprint density at radius 3 is 2.57 bits per heavy atom. The largest absolute Gasteiger partial charge is 0.285 e. The Hall–Kier alpha value is -3.08. The van der Waals surface area contributed by atoms with Gasteiger partial charge in [0.25, 0.3) is 0 Å². The molecule has 4 rings (SSSR count). The summed E-state index contributed by atoms with van der Waals surface area (Å²) in [5.41, 5.74) is 2.89. The molecule has 0 N–H and O–H groups in total. The van der Waals surface area contributed by atoms with E-state index in [9.17, 15) is 0 Å². The van der Waals surface area contributed by atoms with E-state index in [0.717, 1.165) is 22.2 Å². The second-order valence-electron chi connectivity index (χ2n) is 4.60. The normalized spacial score (nSPS) is 10.9. The predicted octanol–water partition coefficient (Wildman–Crippen LogP) is 2.88. The standard InChI is InChI=1S/C16H11N5/c1-3-12(10-17-5-1)14-9-15-13(11-20-14)4-8-21(15)16-18-6-2-7-19-16/h1-11H. The highest BCUT2D eigenvalue weighted by Gasteiger charge is 2.08. The van der Waals surface area contributed by atoms with Crippen molar-refractivity contribution in [2.45, 2.75) is 0 Å². The summed E-state index contributed by atoms with van der Waals surface area (Å²) >= 11 is 0. The molecule has 0 spiro atoms. The summed E-state index contributed by atoms with van der Waals surface area (Å²) in [4.78, 5) is 17.2. The molecule has 0 saturated carbocycles. The molecule has 5 heteroatoms. The smallest absolute Gasteiger partial charge is 0.234 e. The maximum Gasteiger partial charge on any atom is 0.234 e. The third-order valence-electron chi connectivity index (χ3n) is 3.30. The molecule has 0 saturated heterocycles. The zero-order valence-corrected chi connectivity index (χ0v) is 11.1. The van der Waals surface area contributed by atoms with Crippen molar-refractivity contribution in [3.05, 3.63) is 67.5 Å². The topological polar surface area (TPSA) is 56.5 Å². The molecule has 4 aromatic heterocycles. The van der Waals surface area contributed by atoms with Crippen LogP contribution in [0.3, 0.4) is 0 Å². The van der Waals surface area contributed by atoms with Crippen molar-refractivity contribution < 1.29 is 0 Å². The first-order valence-electron chi connectivity index (χ1n) is 6.57. The van der Waals surface area contributed by atoms with Crippen LogP contribution in [0, 0.1) is 0 Å². The number of pyridine rings is 2. The van der Waals surface area contributed by atoms with E-state index in [1.807, 2.05) is 41.2 Å². The van der Waals surface area contributed by atoms with Crippen LogP contribution in [0.5, 0.6) is 0 Å². The fraction of sp³-hybridized carbons (Fsp3) is 0. The van der Waals surface area contributed by atoms with E-state index in [1.54, 1.807) is 30.9 Å². The number of fused-ring (bicyclic) bond motifs is 1. The highest BCUT2D eigenvalue weighted by atomic mass is 15.1. The molecular weight excluding hydrogens is 262 g/mol. The number of nitrogens with zero attached hydrogens (tertiary/aromatic N) is 5. The minimum absolute atomic E-state index is 0.649. The molecule has 4 aromatic rings. The molecule has 0 radical (unpaired) electrons. The molecular formula is C16H11N5. The van der Waals surface area contributed by atoms with Crippen LogP contribution < -0.4 is 0 Å². The van der Waals surface area contributed by atoms with Gasteiger partial charge in [0.05, 0.1) is 11.2 Å². The third kappa shape index (κ3) is 2.04. The van der Waals surface area contributed by atoms with Crippen LogP contribution in [-0.2, 0) is 0 Å². The number of hydrogen-bond acceptors (Lipinski definition) is 4. The highest BCUT2D eigenvalue weighted by Crippen LogP contribution is 2.23. The van der Waals surface area contributed by atoms with Gasteiger partial charge >= 0.3 is 0 Å². The van der Waals surface area contributed by atoms with Gasteiger partial charge in [-0.3, -0.25) is 14.5 Å². The summed E-state index contributed by atoms with van der Waals surface area (Å²) in [5, 5.41) is 1.05. The zero-order valence-electron chi connectivity index (χ0n) is 11.1. The number of rotatable bonds is 2. The van der Waals surface area contributed by atoms with E-state index in [1.165, 1.54) is 0 Å². The first kappa shape index (κ1) is 11.7. The fourth-order valence-electron chi connectivity index (χ4n) is 2.29. The maximum atomic E-state index is 4.49. The first-order chi connectivity index (χ1) is 10.4. The van der Waals surface area contributed by atoms with Crippen LogP contribution in [0.15, 0.2) is 67.5 Å². The van der Waals surface area contributed by atoms with Gasteiger partial charge < -0.3 is 0 Å². The molecule has 5 nitrogen and oxygen atoms in total. The lowest BCUT2D eigenvalue weighted by molar-refractivity contribution is 0.961. The predicted molar refractivity (Wildman–Crippen MR) is 79.9 cm³/mol. The second kappa shape index (κ2) is 4.79. The molecule has 0 aliphatic heterocycles. The van der Waals surface area contributed by atoms with Gasteiger partial charge in [-0.15, -0.1) is 0 Å². The summed E-state index contributed by atoms with van der Waals surface area (Å²) in [6.45, 7) is 0. The Labute approximate surface area is 121 Å². The molecule has 0 aliphatic carbocycles. The zero-order chi connectivity index (χ0) is 14.1. The Morgan fingerprint density at radius 1 is 0.857 bits per heavy atom. The Kier molecular flexibility index (Phi) is 2.67. The molecule has 0 unspecified atom stereocenters. The molecule has 0 bridgehead atoms. The van der Waals surface area contributed by atoms with Crippen molar-refractivity contribution in [1.82, 2.24) is 24.5 Å². The third-order valence-corrected chi connectivity index (χ3v) is 3.30. The van der Waals surface area contributed by atoms with Gasteiger partial charge in [0.2, 0.25) is 5.95 Å². The molecule has 100 valence electrons. The fourth-order valence-corrected chi connectivity index (χ4v) is 2.29. The Bertz CT molecular complexity index is 884. The van der Waals surface area contributed by atoms with E-state index < -0.39 is 0 Å². The van der Waals surface area contributed by atoms with Gasteiger partial charge in [0.15, 0.2) is 0 Å². The van der Waals surface area contributed by atoms with Crippen molar-refractivity contribution in [3.8, 4) is 17.2 Å². The van der Waals surface area contributed by atoms with Crippen molar-refractivity contribution in [2.24, 2.45) is 0 Å². The average Bonchev–Trinajstić information content (AvgIpc) is 2.99. The molecule has 21 heavy (non-hydrogen) atoms. The van der Waals surface area contributed by atoms with Gasteiger partial charge in [-0.05, 0) is 30.3 Å². The highest BCUT2D eigenvalue weighted by molar-refractivity contribution is 5.84. The lowest BCUT2D eigenvalue weighted by Crippen LogP contribution is -1.98. The monoisotopic (exact) mass is 273 g/mol. The lowest BCUT2D eigenvalue weighted by atomic mass is 10.2. The Balaban J connectivity index is 1.91. The lowest BCUT2D eigenvalue weighted by Gasteiger charge is -2.04. The van der Waals surface area contributed by atoms with Crippen LogP contribution in [0.4, 0.5) is 0 Å². The van der Waals surface area contributed by atoms with Gasteiger partial charge in [-0.1, -0.05) is 0 Å². The summed E-state index contributed by atoms with van der Waals surface area (Å²) in [7, 11) is 0.